The topological polar surface area (TPSA) is 124 Å². The SMILES string of the molecule is CCCCI.CCCCn1cc(-c2ccc(C)cc2)c2c(N)ncnc21.Cc1ccc(-c2c[nH]c3ncnc(N)c23)cc1. The van der Waals surface area contributed by atoms with E-state index in [1.807, 2.05) is 6.20 Å². The summed E-state index contributed by atoms with van der Waals surface area (Å²) in [6.45, 7) is 9.51. The van der Waals surface area contributed by atoms with E-state index < -0.39 is 0 Å². The van der Waals surface area contributed by atoms with Crippen molar-refractivity contribution in [1.29, 1.82) is 0 Å². The van der Waals surface area contributed by atoms with Crippen LogP contribution < -0.4 is 11.5 Å². The number of nitrogen functional groups attached to an aromatic ring is 2. The van der Waals surface area contributed by atoms with Crippen molar-refractivity contribution < 1.29 is 0 Å². The Morgan fingerprint density at radius 2 is 1.28 bits per heavy atom. The zero-order valence-electron chi connectivity index (χ0n) is 25.4. The monoisotopic (exact) mass is 688 g/mol. The molecule has 2 aromatic carbocycles. The molecule has 0 spiro atoms. The predicted octanol–water partition coefficient (Wildman–Crippen LogP) is 8.53. The van der Waals surface area contributed by atoms with E-state index in [9.17, 15) is 0 Å². The van der Waals surface area contributed by atoms with Gasteiger partial charge in [0.1, 0.15) is 35.6 Å². The minimum absolute atomic E-state index is 0.506. The second-order valence-corrected chi connectivity index (χ2v) is 11.6. The molecule has 43 heavy (non-hydrogen) atoms. The predicted molar refractivity (Wildman–Crippen MR) is 189 cm³/mol. The van der Waals surface area contributed by atoms with Crippen LogP contribution in [0.25, 0.3) is 44.3 Å². The van der Waals surface area contributed by atoms with Crippen LogP contribution in [0.1, 0.15) is 50.7 Å². The molecule has 4 heterocycles. The van der Waals surface area contributed by atoms with Crippen LogP contribution in [-0.2, 0) is 6.54 Å². The Balaban J connectivity index is 0.000000173. The van der Waals surface area contributed by atoms with E-state index in [4.69, 9.17) is 11.5 Å². The quantitative estimate of drug-likeness (QED) is 0.114. The summed E-state index contributed by atoms with van der Waals surface area (Å²) in [6.07, 6.45) is 12.1. The molecule has 0 saturated carbocycles. The Hall–Kier alpha value is -3.99. The zero-order chi connectivity index (χ0) is 30.8. The summed E-state index contributed by atoms with van der Waals surface area (Å²) in [4.78, 5) is 19.9. The molecular formula is C34H41IN8. The third-order valence-electron chi connectivity index (χ3n) is 7.15. The second-order valence-electron chi connectivity index (χ2n) is 10.5. The number of hydrogen-bond acceptors (Lipinski definition) is 6. The largest absolute Gasteiger partial charge is 0.383 e. The minimum atomic E-state index is 0.506. The van der Waals surface area contributed by atoms with E-state index in [2.05, 4.69) is 135 Å². The third-order valence-corrected chi connectivity index (χ3v) is 7.91. The van der Waals surface area contributed by atoms with E-state index in [0.29, 0.717) is 11.6 Å². The number of aryl methyl sites for hydroxylation is 3. The summed E-state index contributed by atoms with van der Waals surface area (Å²) >= 11 is 2.39. The number of nitrogens with two attached hydrogens (primary N) is 2. The fourth-order valence-corrected chi connectivity index (χ4v) is 5.44. The maximum Gasteiger partial charge on any atom is 0.146 e. The Morgan fingerprint density at radius 1 is 0.721 bits per heavy atom. The number of rotatable bonds is 7. The number of fused-ring (bicyclic) bond motifs is 2. The van der Waals surface area contributed by atoms with E-state index in [1.54, 1.807) is 6.33 Å². The number of alkyl halides is 1. The number of halogens is 1. The fraction of sp³-hybridized carbons (Fsp3) is 0.294. The third kappa shape index (κ3) is 7.90. The van der Waals surface area contributed by atoms with Crippen LogP contribution in [0.3, 0.4) is 0 Å². The first-order valence-electron chi connectivity index (χ1n) is 14.7. The van der Waals surface area contributed by atoms with Gasteiger partial charge in [-0.15, -0.1) is 0 Å². The summed E-state index contributed by atoms with van der Waals surface area (Å²) in [5.41, 5.74) is 20.6. The standard InChI is InChI=1S/C17H20N4.C13H12N4.C4H9I/c1-3-4-9-21-10-14(13-7-5-12(2)6-8-13)15-16(18)19-11-20-17(15)21;1-8-2-4-9(5-3-8)10-6-15-13-11(10)12(14)16-7-17-13;1-2-3-4-5/h5-8,10-11H,3-4,9H2,1-2H3,(H2,18,19,20);2-7H,1H3,(H3,14,15,16,17);2-4H2,1H3. The van der Waals surface area contributed by atoms with Crippen molar-refractivity contribution in [3.05, 3.63) is 84.7 Å². The number of hydrogen-bond donors (Lipinski definition) is 3. The molecule has 0 fully saturated rings. The van der Waals surface area contributed by atoms with Gasteiger partial charge in [0.25, 0.3) is 0 Å². The van der Waals surface area contributed by atoms with Gasteiger partial charge in [0, 0.05) is 30.1 Å². The molecule has 0 radical (unpaired) electrons. The number of nitrogens with zero attached hydrogens (tertiary/aromatic N) is 5. The van der Waals surface area contributed by atoms with Crippen LogP contribution in [0, 0.1) is 13.8 Å². The molecule has 8 nitrogen and oxygen atoms in total. The molecule has 0 aliphatic rings. The fourth-order valence-electron chi connectivity index (χ4n) is 4.68. The Morgan fingerprint density at radius 3 is 1.84 bits per heavy atom. The molecule has 9 heteroatoms. The molecule has 4 aromatic heterocycles. The lowest BCUT2D eigenvalue weighted by Gasteiger charge is -2.02. The molecule has 0 unspecified atom stereocenters. The van der Waals surface area contributed by atoms with Crippen molar-refractivity contribution in [3.8, 4) is 22.3 Å². The van der Waals surface area contributed by atoms with E-state index in [-0.39, 0.29) is 0 Å². The van der Waals surface area contributed by atoms with Gasteiger partial charge in [0.05, 0.1) is 10.8 Å². The van der Waals surface area contributed by atoms with Crippen LogP contribution in [0.2, 0.25) is 0 Å². The normalized spacial score (nSPS) is 10.7. The van der Waals surface area contributed by atoms with Crippen molar-refractivity contribution in [3.63, 3.8) is 0 Å². The average molecular weight is 689 g/mol. The molecule has 0 aliphatic heterocycles. The number of nitrogens with one attached hydrogen (secondary N) is 1. The highest BCUT2D eigenvalue weighted by Gasteiger charge is 2.14. The first kappa shape index (κ1) is 31.9. The Kier molecular flexibility index (Phi) is 11.5. The first-order valence-corrected chi connectivity index (χ1v) is 16.3. The highest BCUT2D eigenvalue weighted by atomic mass is 127. The van der Waals surface area contributed by atoms with Crippen LogP contribution in [0.4, 0.5) is 11.6 Å². The van der Waals surface area contributed by atoms with Gasteiger partial charge in [0.2, 0.25) is 0 Å². The lowest BCUT2D eigenvalue weighted by Crippen LogP contribution is -1.98. The summed E-state index contributed by atoms with van der Waals surface area (Å²) in [5.74, 6) is 1.05. The molecule has 0 bridgehead atoms. The van der Waals surface area contributed by atoms with Crippen molar-refractivity contribution in [2.45, 2.75) is 59.9 Å². The van der Waals surface area contributed by atoms with Gasteiger partial charge in [-0.1, -0.05) is 109 Å². The van der Waals surface area contributed by atoms with Crippen LogP contribution in [0.15, 0.2) is 73.6 Å². The Bertz CT molecular complexity index is 1740. The van der Waals surface area contributed by atoms with E-state index >= 15 is 0 Å². The summed E-state index contributed by atoms with van der Waals surface area (Å²) in [5, 5.41) is 1.84. The second kappa shape index (κ2) is 15.5. The maximum atomic E-state index is 6.10. The van der Waals surface area contributed by atoms with Gasteiger partial charge < -0.3 is 21.0 Å². The van der Waals surface area contributed by atoms with Crippen molar-refractivity contribution in [2.24, 2.45) is 0 Å². The van der Waals surface area contributed by atoms with Crippen LogP contribution in [0.5, 0.6) is 0 Å². The van der Waals surface area contributed by atoms with Crippen molar-refractivity contribution in [2.75, 3.05) is 15.9 Å². The van der Waals surface area contributed by atoms with Gasteiger partial charge >= 0.3 is 0 Å². The van der Waals surface area contributed by atoms with E-state index in [0.717, 1.165) is 63.7 Å². The number of aromatic amines is 1. The van der Waals surface area contributed by atoms with Crippen molar-refractivity contribution in [1.82, 2.24) is 29.5 Å². The smallest absolute Gasteiger partial charge is 0.146 e. The van der Waals surface area contributed by atoms with Gasteiger partial charge in [-0.25, -0.2) is 19.9 Å². The lowest BCUT2D eigenvalue weighted by atomic mass is 10.0. The van der Waals surface area contributed by atoms with Crippen molar-refractivity contribution >= 4 is 56.3 Å². The van der Waals surface area contributed by atoms with Gasteiger partial charge in [0.15, 0.2) is 0 Å². The average Bonchev–Trinajstić information content (AvgIpc) is 3.62. The van der Waals surface area contributed by atoms with Crippen LogP contribution in [-0.4, -0.2) is 33.9 Å². The number of aromatic nitrogens is 6. The summed E-state index contributed by atoms with van der Waals surface area (Å²) < 4.78 is 3.50. The molecule has 6 rings (SSSR count). The highest BCUT2D eigenvalue weighted by molar-refractivity contribution is 14.1. The van der Waals surface area contributed by atoms with Gasteiger partial charge in [-0.05, 0) is 42.2 Å². The molecule has 0 saturated heterocycles. The highest BCUT2D eigenvalue weighted by Crippen LogP contribution is 2.33. The minimum Gasteiger partial charge on any atom is -0.383 e. The lowest BCUT2D eigenvalue weighted by molar-refractivity contribution is 0.646. The Labute approximate surface area is 267 Å². The molecule has 6 aromatic rings. The summed E-state index contributed by atoms with van der Waals surface area (Å²) in [7, 11) is 0. The number of benzene rings is 2. The molecule has 0 amide bonds. The number of H-pyrrole nitrogens is 1. The molecule has 0 atom stereocenters. The van der Waals surface area contributed by atoms with Crippen LogP contribution >= 0.6 is 22.6 Å². The van der Waals surface area contributed by atoms with E-state index in [1.165, 1.54) is 34.7 Å². The first-order chi connectivity index (χ1) is 20.9. The summed E-state index contributed by atoms with van der Waals surface area (Å²) in [6, 6.07) is 16.8. The molecule has 5 N–H and O–H groups in total. The maximum absolute atomic E-state index is 6.10. The number of unbranched alkanes of at least 4 members (excludes halogenated alkanes) is 2. The zero-order valence-corrected chi connectivity index (χ0v) is 27.6. The molecular weight excluding hydrogens is 647 g/mol. The van der Waals surface area contributed by atoms with Gasteiger partial charge in [-0.2, -0.15) is 0 Å². The number of anilines is 2. The molecule has 0 aliphatic carbocycles. The molecule has 224 valence electrons. The van der Waals surface area contributed by atoms with Gasteiger partial charge in [-0.3, -0.25) is 0 Å².